The summed E-state index contributed by atoms with van der Waals surface area (Å²) in [6.07, 6.45) is 3.94. The smallest absolute Gasteiger partial charge is 0.301 e. The summed E-state index contributed by atoms with van der Waals surface area (Å²) in [7, 11) is 0. The number of aliphatic hydroxyl groups is 1. The molecular formula is C22H18N4O4S. The number of anilines is 1. The van der Waals surface area contributed by atoms with Crippen molar-refractivity contribution in [2.45, 2.75) is 32.4 Å². The second kappa shape index (κ2) is 7.28. The molecule has 1 N–H and O–H groups in total. The Kier molecular flexibility index (Phi) is 4.55. The Balaban J connectivity index is 1.68. The van der Waals surface area contributed by atoms with Gasteiger partial charge in [-0.25, -0.2) is 0 Å². The predicted octanol–water partition coefficient (Wildman–Crippen LogP) is 3.19. The molecule has 8 nitrogen and oxygen atoms in total. The van der Waals surface area contributed by atoms with Gasteiger partial charge in [0.25, 0.3) is 5.78 Å². The van der Waals surface area contributed by atoms with E-state index in [2.05, 4.69) is 15.2 Å². The van der Waals surface area contributed by atoms with E-state index < -0.39 is 17.7 Å². The zero-order chi connectivity index (χ0) is 21.7. The zero-order valence-electron chi connectivity index (χ0n) is 16.8. The number of nitrogens with zero attached hydrogens (tertiary/aromatic N) is 4. The summed E-state index contributed by atoms with van der Waals surface area (Å²) in [5, 5.41) is 20.2. The first-order valence-electron chi connectivity index (χ1n) is 9.75. The maximum atomic E-state index is 13.1. The van der Waals surface area contributed by atoms with Gasteiger partial charge in [0.15, 0.2) is 0 Å². The predicted molar refractivity (Wildman–Crippen MR) is 114 cm³/mol. The maximum Gasteiger partial charge on any atom is 0.301 e. The van der Waals surface area contributed by atoms with E-state index in [9.17, 15) is 14.7 Å². The number of carbonyl (C=O) groups is 2. The van der Waals surface area contributed by atoms with Crippen molar-refractivity contribution in [1.29, 1.82) is 0 Å². The lowest BCUT2D eigenvalue weighted by atomic mass is 9.95. The zero-order valence-corrected chi connectivity index (χ0v) is 17.6. The third-order valence-corrected chi connectivity index (χ3v) is 6.17. The first kappa shape index (κ1) is 19.4. The molecule has 1 fully saturated rings. The van der Waals surface area contributed by atoms with Crippen LogP contribution in [0.15, 0.2) is 48.3 Å². The van der Waals surface area contributed by atoms with Crippen molar-refractivity contribution in [3.63, 3.8) is 0 Å². The fraction of sp³-hybridized carbons (Fsp3) is 0.227. The van der Waals surface area contributed by atoms with Crippen LogP contribution in [0.3, 0.4) is 0 Å². The van der Waals surface area contributed by atoms with Gasteiger partial charge in [-0.2, -0.15) is 0 Å². The molecule has 1 aromatic carbocycles. The van der Waals surface area contributed by atoms with E-state index in [0.717, 1.165) is 11.3 Å². The van der Waals surface area contributed by atoms with Crippen LogP contribution in [0.25, 0.3) is 5.76 Å². The summed E-state index contributed by atoms with van der Waals surface area (Å²) in [6.45, 7) is 3.74. The molecule has 31 heavy (non-hydrogen) atoms. The Morgan fingerprint density at radius 2 is 2.10 bits per heavy atom. The minimum absolute atomic E-state index is 0.00207. The fourth-order valence-corrected chi connectivity index (χ4v) is 4.71. The number of hydrogen-bond donors (Lipinski definition) is 1. The molecule has 156 valence electrons. The lowest BCUT2D eigenvalue weighted by Gasteiger charge is -2.22. The van der Waals surface area contributed by atoms with E-state index >= 15 is 0 Å². The van der Waals surface area contributed by atoms with Gasteiger partial charge >= 0.3 is 5.91 Å². The molecule has 0 radical (unpaired) electrons. The van der Waals surface area contributed by atoms with Crippen molar-refractivity contribution in [3.05, 3.63) is 70.0 Å². The standard InChI is InChI=1S/C22H18N4O4S/c1-11-8-15-9-13(5-6-16(15)30-11)19(27)17-18(14-4-3-7-23-10-14)26(21(29)20(17)28)22-25-24-12(2)31-22/h3-7,9-11,18,27H,8H2,1-2H3/b19-17+/t11-,18-/m1/s1. The number of aromatic nitrogens is 3. The first-order chi connectivity index (χ1) is 14.9. The Bertz CT molecular complexity index is 1240. The van der Waals surface area contributed by atoms with Crippen molar-refractivity contribution >= 4 is 33.9 Å². The van der Waals surface area contributed by atoms with Gasteiger partial charge < -0.3 is 9.84 Å². The molecule has 3 aromatic rings. The molecule has 0 spiro atoms. The highest BCUT2D eigenvalue weighted by Crippen LogP contribution is 2.43. The van der Waals surface area contributed by atoms with Crippen LogP contribution in [0.5, 0.6) is 5.75 Å². The minimum Gasteiger partial charge on any atom is -0.507 e. The van der Waals surface area contributed by atoms with E-state index in [1.165, 1.54) is 16.2 Å². The Hall–Kier alpha value is -3.59. The highest BCUT2D eigenvalue weighted by Gasteiger charge is 2.48. The van der Waals surface area contributed by atoms with Gasteiger partial charge in [-0.1, -0.05) is 17.4 Å². The third-order valence-electron chi connectivity index (χ3n) is 5.34. The first-order valence-corrected chi connectivity index (χ1v) is 10.6. The average molecular weight is 434 g/mol. The molecule has 1 amide bonds. The monoisotopic (exact) mass is 434 g/mol. The molecule has 2 aromatic heterocycles. The molecule has 5 rings (SSSR count). The molecule has 0 saturated carbocycles. The number of benzene rings is 1. The number of pyridine rings is 1. The second-order valence-electron chi connectivity index (χ2n) is 7.51. The van der Waals surface area contributed by atoms with Crippen molar-refractivity contribution < 1.29 is 19.4 Å². The van der Waals surface area contributed by atoms with E-state index in [1.807, 2.05) is 6.92 Å². The van der Waals surface area contributed by atoms with Crippen molar-refractivity contribution in [1.82, 2.24) is 15.2 Å². The summed E-state index contributed by atoms with van der Waals surface area (Å²) in [5.41, 5.74) is 1.99. The summed E-state index contributed by atoms with van der Waals surface area (Å²) in [4.78, 5) is 31.5. The van der Waals surface area contributed by atoms with Crippen molar-refractivity contribution in [3.8, 4) is 5.75 Å². The number of ether oxygens (including phenoxy) is 1. The number of aliphatic hydroxyl groups excluding tert-OH is 1. The van der Waals surface area contributed by atoms with Crippen LogP contribution in [0.1, 0.15) is 34.7 Å². The number of carbonyl (C=O) groups excluding carboxylic acids is 2. The van der Waals surface area contributed by atoms with Crippen LogP contribution in [0.2, 0.25) is 0 Å². The maximum absolute atomic E-state index is 13.1. The van der Waals surface area contributed by atoms with Crippen LogP contribution in [0, 0.1) is 6.92 Å². The van der Waals surface area contributed by atoms with Gasteiger partial charge in [0.2, 0.25) is 5.13 Å². The normalized spacial score (nSPS) is 21.9. The Morgan fingerprint density at radius 1 is 1.26 bits per heavy atom. The highest BCUT2D eigenvalue weighted by atomic mass is 32.1. The van der Waals surface area contributed by atoms with Gasteiger partial charge in [0, 0.05) is 24.4 Å². The van der Waals surface area contributed by atoms with Gasteiger partial charge in [-0.3, -0.25) is 19.5 Å². The number of rotatable bonds is 3. The van der Waals surface area contributed by atoms with E-state index in [-0.39, 0.29) is 17.4 Å². The van der Waals surface area contributed by atoms with Crippen LogP contribution >= 0.6 is 11.3 Å². The second-order valence-corrected chi connectivity index (χ2v) is 8.67. The lowest BCUT2D eigenvalue weighted by Crippen LogP contribution is -2.29. The van der Waals surface area contributed by atoms with Crippen LogP contribution in [0.4, 0.5) is 5.13 Å². The largest absolute Gasteiger partial charge is 0.507 e. The molecule has 1 saturated heterocycles. The molecule has 2 atom stereocenters. The van der Waals surface area contributed by atoms with E-state index in [4.69, 9.17) is 4.74 Å². The van der Waals surface area contributed by atoms with Crippen molar-refractivity contribution in [2.75, 3.05) is 4.90 Å². The molecule has 0 unspecified atom stereocenters. The van der Waals surface area contributed by atoms with Crippen molar-refractivity contribution in [2.24, 2.45) is 0 Å². The Labute approximate surface area is 181 Å². The van der Waals surface area contributed by atoms with Gasteiger partial charge in [-0.15, -0.1) is 10.2 Å². The quantitative estimate of drug-likeness (QED) is 0.383. The number of ketones is 1. The fourth-order valence-electron chi connectivity index (χ4n) is 3.99. The van der Waals surface area contributed by atoms with Gasteiger partial charge in [-0.05, 0) is 49.2 Å². The Morgan fingerprint density at radius 3 is 2.81 bits per heavy atom. The lowest BCUT2D eigenvalue weighted by molar-refractivity contribution is -0.132. The number of fused-ring (bicyclic) bond motifs is 1. The molecule has 2 aliphatic rings. The molecule has 4 heterocycles. The minimum atomic E-state index is -0.857. The van der Waals surface area contributed by atoms with Crippen LogP contribution < -0.4 is 9.64 Å². The molecular weight excluding hydrogens is 416 g/mol. The summed E-state index contributed by atoms with van der Waals surface area (Å²) < 4.78 is 5.72. The molecule has 2 aliphatic heterocycles. The summed E-state index contributed by atoms with van der Waals surface area (Å²) >= 11 is 1.20. The summed E-state index contributed by atoms with van der Waals surface area (Å²) in [5.74, 6) is -1.01. The van der Waals surface area contributed by atoms with Crippen LogP contribution in [-0.2, 0) is 16.0 Å². The average Bonchev–Trinajstić information content (AvgIpc) is 3.43. The summed E-state index contributed by atoms with van der Waals surface area (Å²) in [6, 6.07) is 7.89. The highest BCUT2D eigenvalue weighted by molar-refractivity contribution is 7.15. The molecule has 9 heteroatoms. The number of amides is 1. The molecule has 0 bridgehead atoms. The molecule has 0 aliphatic carbocycles. The number of aryl methyl sites for hydroxylation is 1. The topological polar surface area (TPSA) is 106 Å². The SMILES string of the molecule is Cc1nnc(N2C(=O)C(=O)/C(=C(/O)c3ccc4c(c3)C[C@@H](C)O4)[C@H]2c2cccnc2)s1. The van der Waals surface area contributed by atoms with Gasteiger partial charge in [0.1, 0.15) is 22.6 Å². The third kappa shape index (κ3) is 3.17. The van der Waals surface area contributed by atoms with Gasteiger partial charge in [0.05, 0.1) is 11.6 Å². The van der Waals surface area contributed by atoms with E-state index in [0.29, 0.717) is 27.7 Å². The number of hydrogen-bond acceptors (Lipinski definition) is 8. The van der Waals surface area contributed by atoms with Crippen LogP contribution in [-0.4, -0.2) is 38.1 Å². The van der Waals surface area contributed by atoms with E-state index in [1.54, 1.807) is 49.6 Å². The number of Topliss-reactive ketones (excluding diaryl/α,β-unsaturated/α-hetero) is 1.